The predicted octanol–water partition coefficient (Wildman–Crippen LogP) is 5.79. The molecule has 0 amide bonds. The van der Waals surface area contributed by atoms with Crippen molar-refractivity contribution in [1.29, 1.82) is 0 Å². The molecule has 0 rings (SSSR count). The van der Waals surface area contributed by atoms with Crippen LogP contribution in [0.15, 0.2) is 0 Å². The van der Waals surface area contributed by atoms with Gasteiger partial charge in [0.25, 0.3) is 11.2 Å². The van der Waals surface area contributed by atoms with Crippen LogP contribution >= 0.6 is 0 Å². The van der Waals surface area contributed by atoms with Crippen LogP contribution in [0.5, 0.6) is 0 Å². The van der Waals surface area contributed by atoms with Crippen LogP contribution < -0.4 is 0 Å². The van der Waals surface area contributed by atoms with Crippen molar-refractivity contribution in [3.05, 3.63) is 0 Å². The van der Waals surface area contributed by atoms with Crippen LogP contribution in [0.25, 0.3) is 0 Å². The van der Waals surface area contributed by atoms with Crippen LogP contribution in [0.2, 0.25) is 0 Å². The van der Waals surface area contributed by atoms with Gasteiger partial charge in [-0.1, -0.05) is 66.2 Å². The maximum absolute atomic E-state index is 6.60. The van der Waals surface area contributed by atoms with E-state index in [9.17, 15) is 0 Å². The van der Waals surface area contributed by atoms with E-state index in [1.54, 1.807) is 21.3 Å². The van der Waals surface area contributed by atoms with E-state index in [1.807, 2.05) is 0 Å². The molecule has 33 heavy (non-hydrogen) atoms. The normalized spacial score (nSPS) is 14.5. The van der Waals surface area contributed by atoms with Crippen LogP contribution in [-0.4, -0.2) is 68.3 Å². The molecule has 0 N–H and O–H groups in total. The zero-order valence-electron chi connectivity index (χ0n) is 22.7. The molecule has 0 aliphatic heterocycles. The van der Waals surface area contributed by atoms with Crippen molar-refractivity contribution < 1.29 is 37.3 Å². The van der Waals surface area contributed by atoms with E-state index in [-0.39, 0.29) is 0 Å². The average molecular weight is 497 g/mol. The summed E-state index contributed by atoms with van der Waals surface area (Å²) in [6, 6.07) is 0. The first-order valence-corrected chi connectivity index (χ1v) is 14.5. The molecule has 0 heterocycles. The summed E-state index contributed by atoms with van der Waals surface area (Å²) in [7, 11) is 2.47. The van der Waals surface area contributed by atoms with Crippen molar-refractivity contribution in [2.45, 2.75) is 110 Å². The van der Waals surface area contributed by atoms with Gasteiger partial charge in [0.2, 0.25) is 0 Å². The molecule has 0 aliphatic carbocycles. The standard InChI is InChI=1S/C24H52O8Si/c1-9-13-17-18-19-23(32-25-5,29-20-14-10-2)24(30-21-15-11-3,31-22-16-12-4)33(26-6,27-7)28-8/h9-22H2,1-8H3. The largest absolute Gasteiger partial charge is 0.569 e. The number of hydrogen-bond acceptors (Lipinski definition) is 8. The molecule has 8 nitrogen and oxygen atoms in total. The minimum absolute atomic E-state index is 0.411. The molecular formula is C24H52O8Si. The Hall–Kier alpha value is -0.103. The van der Waals surface area contributed by atoms with Gasteiger partial charge in [-0.05, 0) is 25.7 Å². The second-order valence-corrected chi connectivity index (χ2v) is 11.2. The summed E-state index contributed by atoms with van der Waals surface area (Å²) < 4.78 is 37.7. The van der Waals surface area contributed by atoms with E-state index in [2.05, 4.69) is 27.7 Å². The molecule has 0 saturated carbocycles. The number of ether oxygens (including phenoxy) is 3. The number of unbranched alkanes of at least 4 members (excludes halogenated alkanes) is 6. The van der Waals surface area contributed by atoms with Gasteiger partial charge in [0.15, 0.2) is 0 Å². The highest BCUT2D eigenvalue weighted by Gasteiger charge is 2.76. The molecule has 0 bridgehead atoms. The van der Waals surface area contributed by atoms with Gasteiger partial charge in [0, 0.05) is 27.8 Å². The summed E-state index contributed by atoms with van der Waals surface area (Å²) in [5.74, 6) is -1.43. The van der Waals surface area contributed by atoms with E-state index >= 15 is 0 Å². The molecule has 0 aromatic rings. The molecular weight excluding hydrogens is 444 g/mol. The molecule has 0 saturated heterocycles. The second-order valence-electron chi connectivity index (χ2n) is 8.20. The molecule has 9 heteroatoms. The highest BCUT2D eigenvalue weighted by atomic mass is 28.4. The lowest BCUT2D eigenvalue weighted by Gasteiger charge is -2.51. The fraction of sp³-hybridized carbons (Fsp3) is 1.00. The fourth-order valence-corrected chi connectivity index (χ4v) is 6.37. The zero-order valence-corrected chi connectivity index (χ0v) is 23.7. The summed E-state index contributed by atoms with van der Waals surface area (Å²) in [4.78, 5) is 11.3. The predicted molar refractivity (Wildman–Crippen MR) is 132 cm³/mol. The Morgan fingerprint density at radius 1 is 0.545 bits per heavy atom. The Bertz CT molecular complexity index is 432. The van der Waals surface area contributed by atoms with E-state index in [4.69, 9.17) is 37.3 Å². The lowest BCUT2D eigenvalue weighted by atomic mass is 10.0. The first-order valence-electron chi connectivity index (χ1n) is 12.8. The Kier molecular flexibility index (Phi) is 19.1. The number of rotatable bonds is 24. The minimum Gasteiger partial charge on any atom is -0.374 e. The van der Waals surface area contributed by atoms with Gasteiger partial charge in [-0.2, -0.15) is 4.89 Å². The Morgan fingerprint density at radius 2 is 1.00 bits per heavy atom. The first-order chi connectivity index (χ1) is 16.0. The van der Waals surface area contributed by atoms with Gasteiger partial charge in [0.1, 0.15) is 0 Å². The van der Waals surface area contributed by atoms with E-state index in [1.165, 1.54) is 7.11 Å². The molecule has 0 radical (unpaired) electrons. The van der Waals surface area contributed by atoms with Crippen LogP contribution in [0.1, 0.15) is 98.3 Å². The molecule has 1 unspecified atom stereocenters. The summed E-state index contributed by atoms with van der Waals surface area (Å²) in [5, 5.41) is 0. The summed E-state index contributed by atoms with van der Waals surface area (Å²) >= 11 is 0. The molecule has 200 valence electrons. The third kappa shape index (κ3) is 9.12. The van der Waals surface area contributed by atoms with Crippen LogP contribution in [-0.2, 0) is 37.3 Å². The fourth-order valence-electron chi connectivity index (χ4n) is 3.80. The topological polar surface area (TPSA) is 73.8 Å². The third-order valence-electron chi connectivity index (χ3n) is 5.73. The first kappa shape index (κ1) is 32.9. The molecule has 0 aromatic heterocycles. The van der Waals surface area contributed by atoms with Crippen molar-refractivity contribution in [2.24, 2.45) is 0 Å². The summed E-state index contributed by atoms with van der Waals surface area (Å²) in [5.41, 5.74) is -1.57. The van der Waals surface area contributed by atoms with E-state index < -0.39 is 20.0 Å². The Labute approximate surface area is 204 Å². The molecule has 0 spiro atoms. The summed E-state index contributed by atoms with van der Waals surface area (Å²) in [6.45, 7) is 9.79. The van der Waals surface area contributed by atoms with Crippen LogP contribution in [0.3, 0.4) is 0 Å². The molecule has 0 aromatic carbocycles. The SMILES string of the molecule is CCCCCCC(OCCCC)(OOC)C(OCCCC)(OCCCC)[Si](OC)(OC)OC. The molecule has 1 atom stereocenters. The molecule has 0 fully saturated rings. The van der Waals surface area contributed by atoms with Crippen molar-refractivity contribution in [2.75, 3.05) is 48.3 Å². The van der Waals surface area contributed by atoms with Gasteiger partial charge < -0.3 is 27.5 Å². The Balaban J connectivity index is 6.74. The van der Waals surface area contributed by atoms with Crippen molar-refractivity contribution in [1.82, 2.24) is 0 Å². The maximum Gasteiger partial charge on any atom is 0.569 e. The monoisotopic (exact) mass is 496 g/mol. The van der Waals surface area contributed by atoms with Gasteiger partial charge >= 0.3 is 8.80 Å². The molecule has 0 aliphatic rings. The lowest BCUT2D eigenvalue weighted by Crippen LogP contribution is -2.77. The summed E-state index contributed by atoms with van der Waals surface area (Å²) in [6.07, 6.45) is 9.95. The van der Waals surface area contributed by atoms with Gasteiger partial charge in [-0.3, -0.25) is 0 Å². The van der Waals surface area contributed by atoms with Gasteiger partial charge in [-0.25, -0.2) is 4.89 Å². The van der Waals surface area contributed by atoms with E-state index in [0.29, 0.717) is 26.2 Å². The quantitative estimate of drug-likeness (QED) is 0.0546. The van der Waals surface area contributed by atoms with Gasteiger partial charge in [-0.15, -0.1) is 0 Å². The van der Waals surface area contributed by atoms with E-state index in [0.717, 1.165) is 64.2 Å². The lowest BCUT2D eigenvalue weighted by molar-refractivity contribution is -0.489. The van der Waals surface area contributed by atoms with Gasteiger partial charge in [0.05, 0.1) is 26.9 Å². The third-order valence-corrected chi connectivity index (χ3v) is 8.82. The van der Waals surface area contributed by atoms with Crippen LogP contribution in [0.4, 0.5) is 0 Å². The van der Waals surface area contributed by atoms with Crippen molar-refractivity contribution in [3.8, 4) is 0 Å². The minimum atomic E-state index is -3.67. The number of hydrogen-bond donors (Lipinski definition) is 0. The zero-order chi connectivity index (χ0) is 25.1. The van der Waals surface area contributed by atoms with Crippen LogP contribution in [0, 0.1) is 0 Å². The smallest absolute Gasteiger partial charge is 0.374 e. The Morgan fingerprint density at radius 3 is 1.39 bits per heavy atom. The maximum atomic E-state index is 6.60. The van der Waals surface area contributed by atoms with Crippen molar-refractivity contribution >= 4 is 8.80 Å². The highest BCUT2D eigenvalue weighted by Crippen LogP contribution is 2.45. The highest BCUT2D eigenvalue weighted by molar-refractivity contribution is 6.63. The van der Waals surface area contributed by atoms with Crippen molar-refractivity contribution in [3.63, 3.8) is 0 Å². The second kappa shape index (κ2) is 19.1. The average Bonchev–Trinajstić information content (AvgIpc) is 2.83.